The van der Waals surface area contributed by atoms with Crippen molar-refractivity contribution in [3.8, 4) is 0 Å². The Morgan fingerprint density at radius 3 is 2.43 bits per heavy atom. The molecule has 0 spiro atoms. The molecule has 0 unspecified atom stereocenters. The normalized spacial score (nSPS) is 9.83. The summed E-state index contributed by atoms with van der Waals surface area (Å²) in [5, 5.41) is 0. The minimum atomic E-state index is -0.669. The fourth-order valence-electron chi connectivity index (χ4n) is 2.00. The Morgan fingerprint density at radius 1 is 1.13 bits per heavy atom. The third kappa shape index (κ3) is 5.25. The topological polar surface area (TPSA) is 78.9 Å². The summed E-state index contributed by atoms with van der Waals surface area (Å²) in [6, 6.07) is 4.97. The van der Waals surface area contributed by atoms with Crippen LogP contribution in [0, 0.1) is 0 Å². The van der Waals surface area contributed by atoms with Gasteiger partial charge in [0.15, 0.2) is 0 Å². The van der Waals surface area contributed by atoms with E-state index in [4.69, 9.17) is 14.2 Å². The third-order valence-corrected chi connectivity index (χ3v) is 3.01. The van der Waals surface area contributed by atoms with Crippen molar-refractivity contribution in [3.05, 3.63) is 47.5 Å². The second kappa shape index (κ2) is 9.40. The molecule has 6 heteroatoms. The quantitative estimate of drug-likeness (QED) is 0.316. The summed E-state index contributed by atoms with van der Waals surface area (Å²) in [7, 11) is 1.26. The molecule has 23 heavy (non-hydrogen) atoms. The van der Waals surface area contributed by atoms with Crippen LogP contribution in [0.2, 0.25) is 0 Å². The van der Waals surface area contributed by atoms with Gasteiger partial charge in [-0.1, -0.05) is 32.1 Å². The molecular weight excluding hydrogens is 300 g/mol. The third-order valence-electron chi connectivity index (χ3n) is 3.01. The molecular formula is C17H20O6. The van der Waals surface area contributed by atoms with Crippen LogP contribution in [-0.2, 0) is 25.4 Å². The number of methoxy groups -OCH3 is 1. The van der Waals surface area contributed by atoms with Gasteiger partial charge in [-0.25, -0.2) is 14.4 Å². The molecule has 0 N–H and O–H groups in total. The van der Waals surface area contributed by atoms with Crippen molar-refractivity contribution in [2.75, 3.05) is 20.3 Å². The Labute approximate surface area is 135 Å². The Kier molecular flexibility index (Phi) is 7.53. The van der Waals surface area contributed by atoms with E-state index in [1.807, 2.05) is 6.92 Å². The first-order chi connectivity index (χ1) is 11.0. The van der Waals surface area contributed by atoms with Gasteiger partial charge in [0.05, 0.1) is 18.2 Å². The molecule has 1 aromatic carbocycles. The Balaban J connectivity index is 2.86. The van der Waals surface area contributed by atoms with E-state index >= 15 is 0 Å². The first-order valence-electron chi connectivity index (χ1n) is 7.21. The highest BCUT2D eigenvalue weighted by molar-refractivity contribution is 6.04. The number of ether oxygens (including phenoxy) is 3. The first-order valence-corrected chi connectivity index (χ1v) is 7.21. The predicted molar refractivity (Wildman–Crippen MR) is 83.2 cm³/mol. The van der Waals surface area contributed by atoms with Crippen LogP contribution in [0.25, 0.3) is 0 Å². The van der Waals surface area contributed by atoms with Gasteiger partial charge in [-0.15, -0.1) is 0 Å². The molecule has 0 aliphatic rings. The van der Waals surface area contributed by atoms with Crippen molar-refractivity contribution in [1.29, 1.82) is 0 Å². The molecule has 0 amide bonds. The van der Waals surface area contributed by atoms with E-state index in [0.29, 0.717) is 6.42 Å². The second-order valence-electron chi connectivity index (χ2n) is 4.59. The smallest absolute Gasteiger partial charge is 0.339 e. The van der Waals surface area contributed by atoms with E-state index in [0.717, 1.165) is 18.1 Å². The summed E-state index contributed by atoms with van der Waals surface area (Å²) in [5.74, 6) is -1.85. The molecule has 0 atom stereocenters. The van der Waals surface area contributed by atoms with Crippen LogP contribution in [0.15, 0.2) is 30.9 Å². The van der Waals surface area contributed by atoms with E-state index in [9.17, 15) is 14.4 Å². The van der Waals surface area contributed by atoms with Gasteiger partial charge in [-0.3, -0.25) is 0 Å². The Bertz CT molecular complexity index is 591. The van der Waals surface area contributed by atoms with Crippen LogP contribution < -0.4 is 0 Å². The maximum absolute atomic E-state index is 12.2. The second-order valence-corrected chi connectivity index (χ2v) is 4.59. The van der Waals surface area contributed by atoms with E-state index in [-0.39, 0.29) is 24.3 Å². The van der Waals surface area contributed by atoms with E-state index in [1.165, 1.54) is 13.2 Å². The van der Waals surface area contributed by atoms with E-state index in [1.54, 1.807) is 12.1 Å². The lowest BCUT2D eigenvalue weighted by Gasteiger charge is -2.12. The van der Waals surface area contributed by atoms with Gasteiger partial charge in [0.25, 0.3) is 0 Å². The van der Waals surface area contributed by atoms with Crippen LogP contribution in [0.1, 0.15) is 39.6 Å². The van der Waals surface area contributed by atoms with Crippen molar-refractivity contribution >= 4 is 17.9 Å². The summed E-state index contributed by atoms with van der Waals surface area (Å²) < 4.78 is 14.5. The maximum Gasteiger partial charge on any atom is 0.339 e. The molecule has 0 saturated heterocycles. The lowest BCUT2D eigenvalue weighted by molar-refractivity contribution is -0.138. The highest BCUT2D eigenvalue weighted by Gasteiger charge is 2.22. The summed E-state index contributed by atoms with van der Waals surface area (Å²) in [4.78, 5) is 35.0. The zero-order valence-electron chi connectivity index (χ0n) is 13.3. The lowest BCUT2D eigenvalue weighted by Crippen LogP contribution is -2.18. The zero-order chi connectivity index (χ0) is 17.2. The highest BCUT2D eigenvalue weighted by Crippen LogP contribution is 2.19. The van der Waals surface area contributed by atoms with Gasteiger partial charge < -0.3 is 14.2 Å². The zero-order valence-corrected chi connectivity index (χ0v) is 13.3. The van der Waals surface area contributed by atoms with Crippen molar-refractivity contribution in [1.82, 2.24) is 0 Å². The lowest BCUT2D eigenvalue weighted by atomic mass is 9.98. The molecule has 0 aliphatic carbocycles. The number of rotatable bonds is 8. The SMILES string of the molecule is C=CC(=O)OCCOC(=O)c1cccc(CCC)c1C(=O)OC. The fourth-order valence-corrected chi connectivity index (χ4v) is 2.00. The van der Waals surface area contributed by atoms with Gasteiger partial charge >= 0.3 is 17.9 Å². The van der Waals surface area contributed by atoms with Gasteiger partial charge in [-0.05, 0) is 18.1 Å². The molecule has 0 radical (unpaired) electrons. The average molecular weight is 320 g/mol. The van der Waals surface area contributed by atoms with Crippen LogP contribution in [-0.4, -0.2) is 38.2 Å². The van der Waals surface area contributed by atoms with Crippen LogP contribution in [0.4, 0.5) is 0 Å². The molecule has 0 bridgehead atoms. The van der Waals surface area contributed by atoms with Crippen molar-refractivity contribution in [2.24, 2.45) is 0 Å². The number of hydrogen-bond acceptors (Lipinski definition) is 6. The summed E-state index contributed by atoms with van der Waals surface area (Å²) in [5.41, 5.74) is 1.08. The van der Waals surface area contributed by atoms with Crippen LogP contribution >= 0.6 is 0 Å². The summed E-state index contributed by atoms with van der Waals surface area (Å²) in [6.45, 7) is 5.03. The molecule has 0 heterocycles. The standard InChI is InChI=1S/C17H20O6/c1-4-7-12-8-6-9-13(15(12)17(20)21-3)16(19)23-11-10-22-14(18)5-2/h5-6,8-9H,2,4,7,10-11H2,1,3H3. The van der Waals surface area contributed by atoms with Gasteiger partial charge in [-0.2, -0.15) is 0 Å². The van der Waals surface area contributed by atoms with E-state index < -0.39 is 17.9 Å². The van der Waals surface area contributed by atoms with Gasteiger partial charge in [0, 0.05) is 6.08 Å². The molecule has 1 rings (SSSR count). The Morgan fingerprint density at radius 2 is 1.83 bits per heavy atom. The monoisotopic (exact) mass is 320 g/mol. The van der Waals surface area contributed by atoms with Crippen molar-refractivity contribution in [3.63, 3.8) is 0 Å². The minimum Gasteiger partial charge on any atom is -0.465 e. The number of carbonyl (C=O) groups excluding carboxylic acids is 3. The fraction of sp³-hybridized carbons (Fsp3) is 0.353. The molecule has 0 fully saturated rings. The molecule has 0 saturated carbocycles. The number of benzene rings is 1. The summed E-state index contributed by atoms with van der Waals surface area (Å²) >= 11 is 0. The van der Waals surface area contributed by atoms with Gasteiger partial charge in [0.2, 0.25) is 0 Å². The Hall–Kier alpha value is -2.63. The van der Waals surface area contributed by atoms with Gasteiger partial charge in [0.1, 0.15) is 13.2 Å². The average Bonchev–Trinajstić information content (AvgIpc) is 2.57. The number of aryl methyl sites for hydroxylation is 1. The number of carbonyl (C=O) groups is 3. The van der Waals surface area contributed by atoms with E-state index in [2.05, 4.69) is 6.58 Å². The molecule has 1 aromatic rings. The molecule has 0 aliphatic heterocycles. The molecule has 124 valence electrons. The largest absolute Gasteiger partial charge is 0.465 e. The number of hydrogen-bond donors (Lipinski definition) is 0. The number of esters is 3. The highest BCUT2D eigenvalue weighted by atomic mass is 16.6. The molecule has 0 aromatic heterocycles. The maximum atomic E-state index is 12.2. The minimum absolute atomic E-state index is 0.0845. The summed E-state index contributed by atoms with van der Waals surface area (Å²) in [6.07, 6.45) is 2.48. The van der Waals surface area contributed by atoms with Crippen LogP contribution in [0.3, 0.4) is 0 Å². The predicted octanol–water partition coefficient (Wildman–Crippen LogP) is 2.31. The van der Waals surface area contributed by atoms with Crippen molar-refractivity contribution < 1.29 is 28.6 Å². The van der Waals surface area contributed by atoms with Crippen LogP contribution in [0.5, 0.6) is 0 Å². The molecule has 6 nitrogen and oxygen atoms in total. The first kappa shape index (κ1) is 18.4. The van der Waals surface area contributed by atoms with Crippen molar-refractivity contribution in [2.45, 2.75) is 19.8 Å².